The van der Waals surface area contributed by atoms with Crippen LogP contribution in [0.25, 0.3) is 0 Å². The molecule has 0 bridgehead atoms. The van der Waals surface area contributed by atoms with Gasteiger partial charge in [-0.1, -0.05) is 29.8 Å². The Bertz CT molecular complexity index is 1120. The molecule has 0 aliphatic heterocycles. The number of ether oxygens (including phenoxy) is 2. The van der Waals surface area contributed by atoms with Crippen molar-refractivity contribution in [3.05, 3.63) is 76.1 Å². The summed E-state index contributed by atoms with van der Waals surface area (Å²) in [6.07, 6.45) is 1.32. The molecule has 8 heteroatoms. The summed E-state index contributed by atoms with van der Waals surface area (Å²) in [5.74, 6) is -0.365. The van der Waals surface area contributed by atoms with Gasteiger partial charge < -0.3 is 14.8 Å². The number of hydrogen-bond donors (Lipinski definition) is 1. The molecule has 7 nitrogen and oxygen atoms in total. The molecule has 168 valence electrons. The molecule has 0 radical (unpaired) electrons. The molecule has 0 saturated heterocycles. The minimum Gasteiger partial charge on any atom is -0.487 e. The van der Waals surface area contributed by atoms with E-state index in [-0.39, 0.29) is 24.3 Å². The number of hydrogen-bond acceptors (Lipinski definition) is 5. The predicted octanol–water partition coefficient (Wildman–Crippen LogP) is 5.26. The Hall–Kier alpha value is -3.32. The van der Waals surface area contributed by atoms with Crippen LogP contribution in [0, 0.1) is 6.92 Å². The average Bonchev–Trinajstić information content (AvgIpc) is 3.17. The van der Waals surface area contributed by atoms with Crippen LogP contribution >= 0.6 is 11.6 Å². The number of benzene rings is 2. The van der Waals surface area contributed by atoms with Gasteiger partial charge in [-0.2, -0.15) is 5.10 Å². The number of carbonyl (C=O) groups is 2. The first-order valence-electron chi connectivity index (χ1n) is 10.3. The summed E-state index contributed by atoms with van der Waals surface area (Å²) in [5, 5.41) is 7.51. The molecule has 0 fully saturated rings. The van der Waals surface area contributed by atoms with Crippen LogP contribution in [0.4, 0.5) is 5.69 Å². The van der Waals surface area contributed by atoms with E-state index in [1.165, 1.54) is 0 Å². The van der Waals surface area contributed by atoms with Crippen molar-refractivity contribution in [3.8, 4) is 5.75 Å². The Labute approximate surface area is 192 Å². The van der Waals surface area contributed by atoms with Gasteiger partial charge in [0.15, 0.2) is 5.69 Å². The molecule has 0 aliphatic carbocycles. The van der Waals surface area contributed by atoms with Crippen LogP contribution < -0.4 is 10.1 Å². The van der Waals surface area contributed by atoms with E-state index in [4.69, 9.17) is 21.1 Å². The standard InChI is InChI=1S/C24H26ClN3O4/c1-5-28-13-20(22(27-28)24(30)32-15(2)3)26-23(29)18-8-6-7-17(12-18)14-31-21-11-16(4)9-10-19(21)25/h6-13,15H,5,14H2,1-4H3,(H,26,29). The first-order chi connectivity index (χ1) is 15.3. The van der Waals surface area contributed by atoms with E-state index in [0.29, 0.717) is 28.6 Å². The lowest BCUT2D eigenvalue weighted by atomic mass is 10.1. The third kappa shape index (κ3) is 5.88. The van der Waals surface area contributed by atoms with E-state index in [0.717, 1.165) is 11.1 Å². The Morgan fingerprint density at radius 2 is 1.97 bits per heavy atom. The number of halogens is 1. The fourth-order valence-corrected chi connectivity index (χ4v) is 3.15. The molecule has 3 rings (SSSR count). The van der Waals surface area contributed by atoms with E-state index in [9.17, 15) is 9.59 Å². The highest BCUT2D eigenvalue weighted by atomic mass is 35.5. The third-order valence-electron chi connectivity index (χ3n) is 4.54. The summed E-state index contributed by atoms with van der Waals surface area (Å²) in [4.78, 5) is 25.2. The lowest BCUT2D eigenvalue weighted by molar-refractivity contribution is 0.0371. The average molecular weight is 456 g/mol. The van der Waals surface area contributed by atoms with Crippen LogP contribution in [0.5, 0.6) is 5.75 Å². The minimum absolute atomic E-state index is 0.0717. The number of esters is 1. The Morgan fingerprint density at radius 3 is 2.69 bits per heavy atom. The maximum Gasteiger partial charge on any atom is 0.361 e. The first-order valence-corrected chi connectivity index (χ1v) is 10.7. The molecule has 1 aromatic heterocycles. The second-order valence-corrected chi connectivity index (χ2v) is 7.99. The van der Waals surface area contributed by atoms with Crippen molar-refractivity contribution in [3.63, 3.8) is 0 Å². The van der Waals surface area contributed by atoms with Crippen molar-refractivity contribution in [2.24, 2.45) is 0 Å². The number of aryl methyl sites for hydroxylation is 2. The van der Waals surface area contributed by atoms with Gasteiger partial charge in [0.1, 0.15) is 12.4 Å². The molecular weight excluding hydrogens is 430 g/mol. The van der Waals surface area contributed by atoms with Crippen LogP contribution in [0.2, 0.25) is 5.02 Å². The fourth-order valence-electron chi connectivity index (χ4n) is 2.97. The number of aromatic nitrogens is 2. The Balaban J connectivity index is 1.74. The van der Waals surface area contributed by atoms with Gasteiger partial charge in [-0.15, -0.1) is 0 Å². The molecule has 32 heavy (non-hydrogen) atoms. The zero-order valence-electron chi connectivity index (χ0n) is 18.5. The topological polar surface area (TPSA) is 82.5 Å². The SMILES string of the molecule is CCn1cc(NC(=O)c2cccc(COc3cc(C)ccc3Cl)c2)c(C(=O)OC(C)C)n1. The second kappa shape index (κ2) is 10.3. The van der Waals surface area contributed by atoms with Crippen molar-refractivity contribution in [1.29, 1.82) is 0 Å². The highest BCUT2D eigenvalue weighted by Gasteiger charge is 2.21. The summed E-state index contributed by atoms with van der Waals surface area (Å²) in [6.45, 7) is 8.16. The number of anilines is 1. The summed E-state index contributed by atoms with van der Waals surface area (Å²) in [5.41, 5.74) is 2.64. The molecule has 3 aromatic rings. The van der Waals surface area contributed by atoms with Crippen LogP contribution in [-0.4, -0.2) is 27.8 Å². The lowest BCUT2D eigenvalue weighted by Crippen LogP contribution is -2.17. The van der Waals surface area contributed by atoms with Gasteiger partial charge in [0.2, 0.25) is 0 Å². The smallest absolute Gasteiger partial charge is 0.361 e. The summed E-state index contributed by atoms with van der Waals surface area (Å²) >= 11 is 6.19. The van der Waals surface area contributed by atoms with Crippen LogP contribution in [0.1, 0.15) is 52.7 Å². The fraction of sp³-hybridized carbons (Fsp3) is 0.292. The number of amides is 1. The van der Waals surface area contributed by atoms with Gasteiger partial charge in [-0.3, -0.25) is 9.48 Å². The molecule has 1 amide bonds. The van der Waals surface area contributed by atoms with Gasteiger partial charge in [0.05, 0.1) is 16.8 Å². The molecular formula is C24H26ClN3O4. The molecule has 1 N–H and O–H groups in total. The van der Waals surface area contributed by atoms with Gasteiger partial charge in [-0.05, 0) is 63.1 Å². The van der Waals surface area contributed by atoms with Crippen LogP contribution in [0.3, 0.4) is 0 Å². The van der Waals surface area contributed by atoms with Crippen molar-refractivity contribution >= 4 is 29.2 Å². The summed E-state index contributed by atoms with van der Waals surface area (Å²) in [7, 11) is 0. The Kier molecular flexibility index (Phi) is 7.53. The van der Waals surface area contributed by atoms with Crippen LogP contribution in [0.15, 0.2) is 48.7 Å². The molecule has 1 heterocycles. The van der Waals surface area contributed by atoms with E-state index in [1.54, 1.807) is 49.0 Å². The summed E-state index contributed by atoms with van der Waals surface area (Å²) < 4.78 is 12.6. The van der Waals surface area contributed by atoms with Gasteiger partial charge in [-0.25, -0.2) is 4.79 Å². The van der Waals surface area contributed by atoms with E-state index < -0.39 is 5.97 Å². The monoisotopic (exact) mass is 455 g/mol. The minimum atomic E-state index is -0.584. The molecule has 0 aliphatic rings. The van der Waals surface area contributed by atoms with E-state index >= 15 is 0 Å². The highest BCUT2D eigenvalue weighted by molar-refractivity contribution is 6.32. The van der Waals surface area contributed by atoms with Crippen molar-refractivity contribution in [1.82, 2.24) is 9.78 Å². The highest BCUT2D eigenvalue weighted by Crippen LogP contribution is 2.26. The quantitative estimate of drug-likeness (QED) is 0.468. The largest absolute Gasteiger partial charge is 0.487 e. The first kappa shape index (κ1) is 23.3. The number of nitrogens with one attached hydrogen (secondary N) is 1. The van der Waals surface area contributed by atoms with Crippen molar-refractivity contribution < 1.29 is 19.1 Å². The normalized spacial score (nSPS) is 10.8. The number of rotatable bonds is 8. The second-order valence-electron chi connectivity index (χ2n) is 7.58. The summed E-state index contributed by atoms with van der Waals surface area (Å²) in [6, 6.07) is 12.6. The third-order valence-corrected chi connectivity index (χ3v) is 4.85. The van der Waals surface area contributed by atoms with Gasteiger partial charge in [0.25, 0.3) is 5.91 Å². The zero-order valence-corrected chi connectivity index (χ0v) is 19.3. The zero-order chi connectivity index (χ0) is 23.3. The molecule has 0 unspecified atom stereocenters. The molecule has 0 saturated carbocycles. The van der Waals surface area contributed by atoms with Gasteiger partial charge >= 0.3 is 5.97 Å². The Morgan fingerprint density at radius 1 is 1.19 bits per heavy atom. The molecule has 2 aromatic carbocycles. The van der Waals surface area contributed by atoms with Crippen molar-refractivity contribution in [2.45, 2.75) is 47.0 Å². The molecule has 0 spiro atoms. The predicted molar refractivity (Wildman–Crippen MR) is 123 cm³/mol. The number of nitrogens with zero attached hydrogens (tertiary/aromatic N) is 2. The maximum atomic E-state index is 12.9. The lowest BCUT2D eigenvalue weighted by Gasteiger charge is -2.11. The number of carbonyl (C=O) groups excluding carboxylic acids is 2. The van der Waals surface area contributed by atoms with Gasteiger partial charge in [0, 0.05) is 18.3 Å². The van der Waals surface area contributed by atoms with Crippen molar-refractivity contribution in [2.75, 3.05) is 5.32 Å². The van der Waals surface area contributed by atoms with Crippen LogP contribution in [-0.2, 0) is 17.9 Å². The molecule has 0 atom stereocenters. The van der Waals surface area contributed by atoms with E-state index in [1.807, 2.05) is 32.0 Å². The maximum absolute atomic E-state index is 12.9. The van der Waals surface area contributed by atoms with E-state index in [2.05, 4.69) is 10.4 Å².